The zero-order valence-corrected chi connectivity index (χ0v) is 15.4. The molecule has 1 aliphatic rings. The summed E-state index contributed by atoms with van der Waals surface area (Å²) < 4.78 is 22.4. The predicted molar refractivity (Wildman–Crippen MR) is 98.8 cm³/mol. The number of methoxy groups -OCH3 is 1. The van der Waals surface area contributed by atoms with Crippen LogP contribution in [0.5, 0.6) is 5.88 Å². The number of ether oxygens (including phenoxy) is 2. The summed E-state index contributed by atoms with van der Waals surface area (Å²) in [5.41, 5.74) is 1.48. The molecule has 2 aromatic rings. The van der Waals surface area contributed by atoms with Crippen LogP contribution in [0.4, 0.5) is 10.5 Å². The van der Waals surface area contributed by atoms with Crippen molar-refractivity contribution in [3.63, 3.8) is 0 Å². The zero-order chi connectivity index (χ0) is 18.5. The van der Waals surface area contributed by atoms with Crippen molar-refractivity contribution < 1.29 is 18.5 Å². The first-order valence-electron chi connectivity index (χ1n) is 8.19. The number of amides is 2. The van der Waals surface area contributed by atoms with E-state index in [1.807, 2.05) is 6.07 Å². The van der Waals surface area contributed by atoms with Crippen molar-refractivity contribution in [2.75, 3.05) is 25.3 Å². The van der Waals surface area contributed by atoms with Gasteiger partial charge in [-0.2, -0.15) is 0 Å². The molecule has 2 heterocycles. The van der Waals surface area contributed by atoms with Gasteiger partial charge in [0, 0.05) is 52.1 Å². The molecule has 1 aromatic heterocycles. The van der Waals surface area contributed by atoms with Crippen molar-refractivity contribution in [2.45, 2.75) is 23.5 Å². The van der Waals surface area contributed by atoms with Gasteiger partial charge in [0.2, 0.25) is 5.88 Å². The minimum atomic E-state index is -1.10. The number of carbonyl (C=O) groups excluding carboxylic acids is 1. The molecule has 1 aliphatic heterocycles. The van der Waals surface area contributed by atoms with Gasteiger partial charge < -0.3 is 20.1 Å². The van der Waals surface area contributed by atoms with Crippen molar-refractivity contribution in [3.8, 4) is 5.88 Å². The Labute approximate surface area is 154 Å². The Kier molecular flexibility index (Phi) is 5.85. The highest BCUT2D eigenvalue weighted by atomic mass is 32.2. The number of carbonyl (C=O) groups is 1. The lowest BCUT2D eigenvalue weighted by Gasteiger charge is -2.20. The Hall–Kier alpha value is -2.45. The van der Waals surface area contributed by atoms with Gasteiger partial charge in [-0.05, 0) is 30.7 Å². The van der Waals surface area contributed by atoms with Crippen LogP contribution in [0.3, 0.4) is 0 Å². The number of rotatable bonds is 5. The largest absolute Gasteiger partial charge is 0.481 e. The monoisotopic (exact) mass is 375 g/mol. The summed E-state index contributed by atoms with van der Waals surface area (Å²) in [6, 6.07) is 10.1. The van der Waals surface area contributed by atoms with Crippen molar-refractivity contribution in [3.05, 3.63) is 48.2 Å². The van der Waals surface area contributed by atoms with Crippen molar-refractivity contribution >= 4 is 22.5 Å². The van der Waals surface area contributed by atoms with E-state index in [-0.39, 0.29) is 18.2 Å². The summed E-state index contributed by atoms with van der Waals surface area (Å²) in [6.45, 7) is 0.561. The van der Waals surface area contributed by atoms with Gasteiger partial charge in [-0.3, -0.25) is 4.21 Å². The summed E-state index contributed by atoms with van der Waals surface area (Å²) in [7, 11) is 0.461. The maximum atomic E-state index is 12.3. The molecule has 0 bridgehead atoms. The summed E-state index contributed by atoms with van der Waals surface area (Å²) in [6.07, 6.45) is 3.75. The fraction of sp³-hybridized carbons (Fsp3) is 0.333. The molecule has 7 nitrogen and oxygen atoms in total. The van der Waals surface area contributed by atoms with E-state index < -0.39 is 10.8 Å². The van der Waals surface area contributed by atoms with Crippen molar-refractivity contribution in [1.82, 2.24) is 10.3 Å². The molecule has 2 amide bonds. The molecule has 26 heavy (non-hydrogen) atoms. The standard InChI is InChI=1S/C18H21N3O4S/c1-24-16-7-6-12(11-19-16)17-15(8-9-25-17)21-18(22)20-13-4-3-5-14(10-13)26(2)23/h3-7,10-11,15,17H,8-9H2,1-2H3,(H2,20,21,22)/t15-,17+,26?/m1/s1. The average Bonchev–Trinajstić information content (AvgIpc) is 3.10. The second-order valence-corrected chi connectivity index (χ2v) is 7.28. The lowest BCUT2D eigenvalue weighted by Crippen LogP contribution is -2.39. The van der Waals surface area contributed by atoms with Gasteiger partial charge in [-0.15, -0.1) is 0 Å². The molecular formula is C18H21N3O4S. The van der Waals surface area contributed by atoms with Crippen LogP contribution >= 0.6 is 0 Å². The molecule has 1 aromatic carbocycles. The molecule has 2 N–H and O–H groups in total. The van der Waals surface area contributed by atoms with Gasteiger partial charge in [-0.25, -0.2) is 9.78 Å². The van der Waals surface area contributed by atoms with Crippen molar-refractivity contribution in [2.24, 2.45) is 0 Å². The molecule has 0 saturated carbocycles. The number of hydrogen-bond acceptors (Lipinski definition) is 5. The zero-order valence-electron chi connectivity index (χ0n) is 14.6. The first kappa shape index (κ1) is 18.3. The Balaban J connectivity index is 1.64. The van der Waals surface area contributed by atoms with E-state index in [4.69, 9.17) is 9.47 Å². The molecule has 138 valence electrons. The number of nitrogens with zero attached hydrogens (tertiary/aromatic N) is 1. The molecule has 0 aliphatic carbocycles. The topological polar surface area (TPSA) is 89.5 Å². The maximum Gasteiger partial charge on any atom is 0.319 e. The summed E-state index contributed by atoms with van der Waals surface area (Å²) in [4.78, 5) is 17.2. The highest BCUT2D eigenvalue weighted by molar-refractivity contribution is 7.84. The van der Waals surface area contributed by atoms with Crippen LogP contribution in [-0.2, 0) is 15.5 Å². The van der Waals surface area contributed by atoms with Crippen LogP contribution in [-0.4, -0.2) is 41.2 Å². The molecule has 8 heteroatoms. The quantitative estimate of drug-likeness (QED) is 0.838. The van der Waals surface area contributed by atoms with E-state index in [0.717, 1.165) is 5.56 Å². The van der Waals surface area contributed by atoms with E-state index in [0.29, 0.717) is 29.5 Å². The third-order valence-corrected chi connectivity index (χ3v) is 5.05. The summed E-state index contributed by atoms with van der Waals surface area (Å²) in [5, 5.41) is 5.72. The third-order valence-electron chi connectivity index (χ3n) is 4.13. The SMILES string of the molecule is COc1ccc([C@@H]2OCC[C@H]2NC(=O)Nc2cccc(S(C)=O)c2)cn1. The highest BCUT2D eigenvalue weighted by Gasteiger charge is 2.31. The normalized spacial score (nSPS) is 20.4. The number of benzene rings is 1. The molecular weight excluding hydrogens is 354 g/mol. The predicted octanol–water partition coefficient (Wildman–Crippen LogP) is 2.48. The van der Waals surface area contributed by atoms with E-state index in [1.165, 1.54) is 0 Å². The van der Waals surface area contributed by atoms with E-state index in [9.17, 15) is 9.00 Å². The molecule has 0 spiro atoms. The van der Waals surface area contributed by atoms with Crippen LogP contribution in [0.2, 0.25) is 0 Å². The smallest absolute Gasteiger partial charge is 0.319 e. The summed E-state index contributed by atoms with van der Waals surface area (Å²) >= 11 is 0. The Morgan fingerprint density at radius 3 is 2.88 bits per heavy atom. The van der Waals surface area contributed by atoms with Gasteiger partial charge in [0.15, 0.2) is 0 Å². The molecule has 1 unspecified atom stereocenters. The van der Waals surface area contributed by atoms with Gasteiger partial charge >= 0.3 is 6.03 Å². The second-order valence-electron chi connectivity index (χ2n) is 5.90. The molecule has 3 rings (SSSR count). The number of urea groups is 1. The lowest BCUT2D eigenvalue weighted by molar-refractivity contribution is 0.100. The first-order chi connectivity index (χ1) is 12.6. The van der Waals surface area contributed by atoms with Gasteiger partial charge in [0.25, 0.3) is 0 Å². The van der Waals surface area contributed by atoms with Gasteiger partial charge in [-0.1, -0.05) is 6.07 Å². The average molecular weight is 375 g/mol. The molecule has 0 radical (unpaired) electrons. The lowest BCUT2D eigenvalue weighted by atomic mass is 10.0. The number of aromatic nitrogens is 1. The van der Waals surface area contributed by atoms with Crippen LogP contribution in [0, 0.1) is 0 Å². The van der Waals surface area contributed by atoms with Crippen LogP contribution in [0.25, 0.3) is 0 Å². The minimum absolute atomic E-state index is 0.159. The van der Waals surface area contributed by atoms with Gasteiger partial charge in [0.1, 0.15) is 6.10 Å². The van der Waals surface area contributed by atoms with Crippen molar-refractivity contribution in [1.29, 1.82) is 0 Å². The second kappa shape index (κ2) is 8.29. The molecule has 3 atom stereocenters. The maximum absolute atomic E-state index is 12.3. The van der Waals surface area contributed by atoms with Crippen LogP contribution in [0.1, 0.15) is 18.1 Å². The fourth-order valence-electron chi connectivity index (χ4n) is 2.83. The van der Waals surface area contributed by atoms with Crippen LogP contribution < -0.4 is 15.4 Å². The van der Waals surface area contributed by atoms with Gasteiger partial charge in [0.05, 0.1) is 13.2 Å². The fourth-order valence-corrected chi connectivity index (χ4v) is 3.40. The van der Waals surface area contributed by atoms with E-state index >= 15 is 0 Å². The molecule has 1 fully saturated rings. The number of anilines is 1. The number of hydrogen-bond donors (Lipinski definition) is 2. The van der Waals surface area contributed by atoms with E-state index in [1.54, 1.807) is 49.9 Å². The minimum Gasteiger partial charge on any atom is -0.481 e. The summed E-state index contributed by atoms with van der Waals surface area (Å²) in [5.74, 6) is 0.530. The third kappa shape index (κ3) is 4.39. The first-order valence-corrected chi connectivity index (χ1v) is 9.75. The van der Waals surface area contributed by atoms with E-state index in [2.05, 4.69) is 15.6 Å². The Morgan fingerprint density at radius 2 is 2.19 bits per heavy atom. The molecule has 1 saturated heterocycles. The Morgan fingerprint density at radius 1 is 1.35 bits per heavy atom. The Bertz CT molecular complexity index is 797. The highest BCUT2D eigenvalue weighted by Crippen LogP contribution is 2.29. The number of pyridine rings is 1. The van der Waals surface area contributed by atoms with Crippen LogP contribution in [0.15, 0.2) is 47.5 Å². The number of nitrogens with one attached hydrogen (secondary N) is 2.